The summed E-state index contributed by atoms with van der Waals surface area (Å²) >= 11 is 1.67. The number of thioether (sulfide) groups is 1. The highest BCUT2D eigenvalue weighted by molar-refractivity contribution is 7.99. The Kier molecular flexibility index (Phi) is 5.93. The van der Waals surface area contributed by atoms with Crippen LogP contribution in [0.3, 0.4) is 0 Å². The van der Waals surface area contributed by atoms with Crippen molar-refractivity contribution in [3.05, 3.63) is 65.5 Å². The summed E-state index contributed by atoms with van der Waals surface area (Å²) in [5, 5.41) is 5.80. The monoisotopic (exact) mass is 372 g/mol. The molecule has 26 heavy (non-hydrogen) atoms. The van der Waals surface area contributed by atoms with Crippen molar-refractivity contribution in [1.29, 1.82) is 0 Å². The van der Waals surface area contributed by atoms with Gasteiger partial charge < -0.3 is 10.6 Å². The van der Waals surface area contributed by atoms with Crippen LogP contribution >= 0.6 is 11.8 Å². The van der Waals surface area contributed by atoms with Crippen LogP contribution in [0.25, 0.3) is 0 Å². The number of benzene rings is 2. The fraction of sp³-hybridized carbons (Fsp3) is 0.300. The number of carbonyl (C=O) groups excluding carboxylic acids is 2. The van der Waals surface area contributed by atoms with Gasteiger partial charge in [-0.2, -0.15) is 0 Å². The molecule has 2 atom stereocenters. The van der Waals surface area contributed by atoms with Gasteiger partial charge in [-0.3, -0.25) is 9.59 Å². The van der Waals surface area contributed by atoms with Crippen molar-refractivity contribution in [1.82, 2.24) is 10.6 Å². The lowest BCUT2D eigenvalue weighted by molar-refractivity contribution is -0.122. The van der Waals surface area contributed by atoms with Gasteiger partial charge >= 0.3 is 0 Å². The van der Waals surface area contributed by atoms with Gasteiger partial charge in [-0.25, -0.2) is 4.39 Å². The number of nitrogens with one attached hydrogen (secondary N) is 2. The molecule has 3 rings (SSSR count). The number of halogens is 1. The molecular weight excluding hydrogens is 351 g/mol. The molecule has 0 bridgehead atoms. The summed E-state index contributed by atoms with van der Waals surface area (Å²) in [6, 6.07) is 13.1. The van der Waals surface area contributed by atoms with Crippen molar-refractivity contribution in [2.45, 2.75) is 36.7 Å². The molecule has 2 aromatic rings. The predicted molar refractivity (Wildman–Crippen MR) is 101 cm³/mol. The molecule has 0 aliphatic carbocycles. The maximum Gasteiger partial charge on any atom is 0.251 e. The third kappa shape index (κ3) is 4.64. The van der Waals surface area contributed by atoms with Gasteiger partial charge in [0.05, 0.1) is 6.04 Å². The summed E-state index contributed by atoms with van der Waals surface area (Å²) in [4.78, 5) is 25.5. The second-order valence-electron chi connectivity index (χ2n) is 6.38. The Morgan fingerprint density at radius 1 is 1.23 bits per heavy atom. The molecule has 1 heterocycles. The van der Waals surface area contributed by atoms with Crippen LogP contribution in [0.15, 0.2) is 53.4 Å². The SMILES string of the molecule is CC(CC(=O)NC1CCSc2ccc(F)cc21)NC(=O)c1ccccc1. The number of hydrogen-bond donors (Lipinski definition) is 2. The molecular formula is C20H21FN2O2S. The largest absolute Gasteiger partial charge is 0.349 e. The first-order valence-electron chi connectivity index (χ1n) is 8.60. The summed E-state index contributed by atoms with van der Waals surface area (Å²) in [5.41, 5.74) is 1.39. The normalized spacial score (nSPS) is 17.1. The first-order chi connectivity index (χ1) is 12.5. The summed E-state index contributed by atoms with van der Waals surface area (Å²) in [5.74, 6) is 0.225. The first-order valence-corrected chi connectivity index (χ1v) is 9.59. The van der Waals surface area contributed by atoms with Crippen molar-refractivity contribution >= 4 is 23.6 Å². The number of amides is 2. The highest BCUT2D eigenvalue weighted by Crippen LogP contribution is 2.36. The van der Waals surface area contributed by atoms with Gasteiger partial charge in [0.25, 0.3) is 5.91 Å². The second kappa shape index (κ2) is 8.36. The van der Waals surface area contributed by atoms with Crippen LogP contribution in [0, 0.1) is 5.82 Å². The maximum atomic E-state index is 13.6. The minimum Gasteiger partial charge on any atom is -0.349 e. The maximum absolute atomic E-state index is 13.6. The van der Waals surface area contributed by atoms with Gasteiger partial charge in [0, 0.05) is 28.7 Å². The van der Waals surface area contributed by atoms with E-state index in [1.807, 2.05) is 6.07 Å². The zero-order valence-corrected chi connectivity index (χ0v) is 15.3. The van der Waals surface area contributed by atoms with E-state index in [0.29, 0.717) is 5.56 Å². The molecule has 2 amide bonds. The Labute approximate surface area is 156 Å². The summed E-state index contributed by atoms with van der Waals surface area (Å²) < 4.78 is 13.6. The molecule has 0 saturated carbocycles. The van der Waals surface area contributed by atoms with Gasteiger partial charge in [-0.1, -0.05) is 18.2 Å². The van der Waals surface area contributed by atoms with E-state index in [9.17, 15) is 14.0 Å². The molecule has 0 fully saturated rings. The van der Waals surface area contributed by atoms with E-state index in [1.54, 1.807) is 49.0 Å². The molecule has 2 unspecified atom stereocenters. The van der Waals surface area contributed by atoms with E-state index in [4.69, 9.17) is 0 Å². The van der Waals surface area contributed by atoms with Crippen LogP contribution in [-0.4, -0.2) is 23.6 Å². The number of hydrogen-bond acceptors (Lipinski definition) is 3. The summed E-state index contributed by atoms with van der Waals surface area (Å²) in [6.45, 7) is 1.80. The topological polar surface area (TPSA) is 58.2 Å². The Morgan fingerprint density at radius 2 is 2.00 bits per heavy atom. The smallest absolute Gasteiger partial charge is 0.251 e. The second-order valence-corrected chi connectivity index (χ2v) is 7.52. The Hall–Kier alpha value is -2.34. The average Bonchev–Trinajstić information content (AvgIpc) is 2.62. The molecule has 136 valence electrons. The molecule has 1 aliphatic rings. The van der Waals surface area contributed by atoms with Crippen molar-refractivity contribution in [3.63, 3.8) is 0 Å². The molecule has 0 saturated heterocycles. The molecule has 4 nitrogen and oxygen atoms in total. The molecule has 0 radical (unpaired) electrons. The van der Waals surface area contributed by atoms with Crippen LogP contribution in [0.4, 0.5) is 4.39 Å². The van der Waals surface area contributed by atoms with E-state index >= 15 is 0 Å². The minimum absolute atomic E-state index is 0.155. The van der Waals surface area contributed by atoms with E-state index in [1.165, 1.54) is 12.1 Å². The Bertz CT molecular complexity index is 798. The third-order valence-electron chi connectivity index (χ3n) is 4.25. The average molecular weight is 372 g/mol. The van der Waals surface area contributed by atoms with E-state index < -0.39 is 0 Å². The summed E-state index contributed by atoms with van der Waals surface area (Å²) in [7, 11) is 0. The summed E-state index contributed by atoms with van der Waals surface area (Å²) in [6.07, 6.45) is 0.935. The predicted octanol–water partition coefficient (Wildman–Crippen LogP) is 3.69. The van der Waals surface area contributed by atoms with Crippen LogP contribution in [0.1, 0.15) is 41.7 Å². The van der Waals surface area contributed by atoms with Crippen molar-refractivity contribution in [2.24, 2.45) is 0 Å². The quantitative estimate of drug-likeness (QED) is 0.842. The fourth-order valence-electron chi connectivity index (χ4n) is 2.99. The van der Waals surface area contributed by atoms with Crippen LogP contribution in [0.5, 0.6) is 0 Å². The van der Waals surface area contributed by atoms with Crippen molar-refractivity contribution in [2.75, 3.05) is 5.75 Å². The minimum atomic E-state index is -0.298. The highest BCUT2D eigenvalue weighted by Gasteiger charge is 2.23. The van der Waals surface area contributed by atoms with Crippen LogP contribution in [-0.2, 0) is 4.79 Å². The number of rotatable bonds is 5. The van der Waals surface area contributed by atoms with Crippen molar-refractivity contribution in [3.8, 4) is 0 Å². The number of carbonyl (C=O) groups is 2. The lowest BCUT2D eigenvalue weighted by Gasteiger charge is -2.26. The van der Waals surface area contributed by atoms with Gasteiger partial charge in [0.1, 0.15) is 5.82 Å². The molecule has 0 spiro atoms. The Balaban J connectivity index is 1.56. The van der Waals surface area contributed by atoms with E-state index in [2.05, 4.69) is 10.6 Å². The van der Waals surface area contributed by atoms with E-state index in [0.717, 1.165) is 22.6 Å². The lowest BCUT2D eigenvalue weighted by Crippen LogP contribution is -2.38. The molecule has 0 aromatic heterocycles. The van der Waals surface area contributed by atoms with Gasteiger partial charge in [0.2, 0.25) is 5.91 Å². The standard InChI is InChI=1S/C20H21FN2O2S/c1-13(22-20(25)14-5-3-2-4-6-14)11-19(24)23-17-9-10-26-18-8-7-15(21)12-16(17)18/h2-8,12-13,17H,9-11H2,1H3,(H,22,25)(H,23,24). The van der Waals surface area contributed by atoms with Gasteiger partial charge in [-0.15, -0.1) is 11.8 Å². The third-order valence-corrected chi connectivity index (χ3v) is 5.37. The fourth-order valence-corrected chi connectivity index (χ4v) is 4.10. The van der Waals surface area contributed by atoms with Crippen LogP contribution in [0.2, 0.25) is 0 Å². The molecule has 1 aliphatic heterocycles. The number of fused-ring (bicyclic) bond motifs is 1. The van der Waals surface area contributed by atoms with Crippen molar-refractivity contribution < 1.29 is 14.0 Å². The van der Waals surface area contributed by atoms with E-state index in [-0.39, 0.29) is 36.1 Å². The lowest BCUT2D eigenvalue weighted by atomic mass is 10.0. The molecule has 6 heteroatoms. The van der Waals surface area contributed by atoms with Gasteiger partial charge in [0.15, 0.2) is 0 Å². The van der Waals surface area contributed by atoms with Gasteiger partial charge in [-0.05, 0) is 49.2 Å². The molecule has 2 N–H and O–H groups in total. The Morgan fingerprint density at radius 3 is 2.77 bits per heavy atom. The zero-order valence-electron chi connectivity index (χ0n) is 14.5. The van der Waals surface area contributed by atoms with Crippen LogP contribution < -0.4 is 10.6 Å². The first kappa shape index (κ1) is 18.5. The molecule has 2 aromatic carbocycles. The highest BCUT2D eigenvalue weighted by atomic mass is 32.2. The zero-order chi connectivity index (χ0) is 18.5.